The Kier molecular flexibility index (Phi) is 3.58. The molecule has 0 aromatic heterocycles. The first-order valence-electron chi connectivity index (χ1n) is 6.32. The van der Waals surface area contributed by atoms with Crippen LogP contribution >= 0.6 is 0 Å². The summed E-state index contributed by atoms with van der Waals surface area (Å²) in [4.78, 5) is 12.1. The fraction of sp³-hybridized carbons (Fsp3) is 0.467. The summed E-state index contributed by atoms with van der Waals surface area (Å²) in [6.45, 7) is 2.00. The number of carbonyl (C=O) groups is 1. The maximum Gasteiger partial charge on any atom is 0.179 e. The number of ketones is 1. The van der Waals surface area contributed by atoms with E-state index in [1.165, 1.54) is 17.5 Å². The minimum Gasteiger partial charge on any atom is -0.293 e. The summed E-state index contributed by atoms with van der Waals surface area (Å²) in [6.07, 6.45) is 4.91. The van der Waals surface area contributed by atoms with E-state index < -0.39 is 5.92 Å². The molecule has 88 valence electrons. The zero-order valence-electron chi connectivity index (χ0n) is 10.2. The molecule has 1 aromatic carbocycles. The SMILES string of the molecule is CCCC(C#N)C(=O)c1ccc2c(c1)CCC2. The third kappa shape index (κ3) is 2.39. The molecule has 1 unspecified atom stereocenters. The molecule has 0 saturated heterocycles. The van der Waals surface area contributed by atoms with Crippen LogP contribution in [-0.4, -0.2) is 5.78 Å². The van der Waals surface area contributed by atoms with Crippen molar-refractivity contribution in [3.05, 3.63) is 34.9 Å². The molecular formula is C15H17NO. The van der Waals surface area contributed by atoms with Gasteiger partial charge in [0.05, 0.1) is 6.07 Å². The Hall–Kier alpha value is -1.62. The van der Waals surface area contributed by atoms with Gasteiger partial charge in [0, 0.05) is 5.56 Å². The Morgan fingerprint density at radius 3 is 2.88 bits per heavy atom. The summed E-state index contributed by atoms with van der Waals surface area (Å²) in [6, 6.07) is 8.04. The molecule has 0 N–H and O–H groups in total. The first-order chi connectivity index (χ1) is 8.26. The molecule has 1 aliphatic rings. The fourth-order valence-corrected chi connectivity index (χ4v) is 2.47. The monoisotopic (exact) mass is 227 g/mol. The van der Waals surface area contributed by atoms with Crippen LogP contribution in [0.5, 0.6) is 0 Å². The van der Waals surface area contributed by atoms with E-state index in [9.17, 15) is 4.79 Å². The van der Waals surface area contributed by atoms with Gasteiger partial charge >= 0.3 is 0 Å². The lowest BCUT2D eigenvalue weighted by Gasteiger charge is -2.08. The van der Waals surface area contributed by atoms with Crippen molar-refractivity contribution in [2.45, 2.75) is 39.0 Å². The molecule has 0 amide bonds. The van der Waals surface area contributed by atoms with E-state index in [1.54, 1.807) is 0 Å². The highest BCUT2D eigenvalue weighted by molar-refractivity contribution is 5.99. The van der Waals surface area contributed by atoms with Crippen molar-refractivity contribution in [3.63, 3.8) is 0 Å². The van der Waals surface area contributed by atoms with Gasteiger partial charge < -0.3 is 0 Å². The van der Waals surface area contributed by atoms with Gasteiger partial charge in [-0.05, 0) is 42.9 Å². The van der Waals surface area contributed by atoms with E-state index in [0.29, 0.717) is 12.0 Å². The van der Waals surface area contributed by atoms with Crippen LogP contribution in [0.25, 0.3) is 0 Å². The number of hydrogen-bond acceptors (Lipinski definition) is 2. The fourth-order valence-electron chi connectivity index (χ4n) is 2.47. The first-order valence-corrected chi connectivity index (χ1v) is 6.32. The van der Waals surface area contributed by atoms with E-state index in [1.807, 2.05) is 19.1 Å². The zero-order chi connectivity index (χ0) is 12.3. The van der Waals surface area contributed by atoms with E-state index >= 15 is 0 Å². The van der Waals surface area contributed by atoms with E-state index in [2.05, 4.69) is 12.1 Å². The van der Waals surface area contributed by atoms with Crippen molar-refractivity contribution in [2.24, 2.45) is 5.92 Å². The smallest absolute Gasteiger partial charge is 0.179 e. The van der Waals surface area contributed by atoms with Crippen LogP contribution in [0.4, 0.5) is 0 Å². The van der Waals surface area contributed by atoms with Gasteiger partial charge in [0.25, 0.3) is 0 Å². The van der Waals surface area contributed by atoms with E-state index in [-0.39, 0.29) is 5.78 Å². The third-order valence-electron chi connectivity index (χ3n) is 3.43. The van der Waals surface area contributed by atoms with Crippen LogP contribution in [-0.2, 0) is 12.8 Å². The first kappa shape index (κ1) is 11.9. The van der Waals surface area contributed by atoms with Gasteiger partial charge in [-0.1, -0.05) is 25.5 Å². The van der Waals surface area contributed by atoms with Gasteiger partial charge in [0.1, 0.15) is 5.92 Å². The van der Waals surface area contributed by atoms with E-state index in [0.717, 1.165) is 19.3 Å². The van der Waals surface area contributed by atoms with Crippen LogP contribution in [0, 0.1) is 17.2 Å². The number of hydrogen-bond donors (Lipinski definition) is 0. The topological polar surface area (TPSA) is 40.9 Å². The Morgan fingerprint density at radius 1 is 1.41 bits per heavy atom. The van der Waals surface area contributed by atoms with Crippen molar-refractivity contribution in [1.82, 2.24) is 0 Å². The molecule has 0 aliphatic heterocycles. The van der Waals surface area contributed by atoms with Crippen LogP contribution < -0.4 is 0 Å². The number of Topliss-reactive ketones (excluding diaryl/α,β-unsaturated/α-hetero) is 1. The highest BCUT2D eigenvalue weighted by atomic mass is 16.1. The lowest BCUT2D eigenvalue weighted by Crippen LogP contribution is -2.13. The quantitative estimate of drug-likeness (QED) is 0.740. The summed E-state index contributed by atoms with van der Waals surface area (Å²) in [5, 5.41) is 9.01. The second kappa shape index (κ2) is 5.14. The Balaban J connectivity index is 2.22. The molecule has 1 atom stereocenters. The van der Waals surface area contributed by atoms with Crippen LogP contribution in [0.2, 0.25) is 0 Å². The molecule has 0 heterocycles. The van der Waals surface area contributed by atoms with Crippen LogP contribution in [0.3, 0.4) is 0 Å². The lowest BCUT2D eigenvalue weighted by molar-refractivity contribution is 0.0943. The number of fused-ring (bicyclic) bond motifs is 1. The molecule has 0 radical (unpaired) electrons. The summed E-state index contributed by atoms with van der Waals surface area (Å²) in [5.41, 5.74) is 3.38. The number of aryl methyl sites for hydroxylation is 2. The minimum atomic E-state index is -0.473. The highest BCUT2D eigenvalue weighted by Gasteiger charge is 2.20. The maximum absolute atomic E-state index is 12.1. The molecule has 2 heteroatoms. The van der Waals surface area contributed by atoms with Gasteiger partial charge in [-0.2, -0.15) is 5.26 Å². The van der Waals surface area contributed by atoms with Gasteiger partial charge in [-0.25, -0.2) is 0 Å². The molecule has 17 heavy (non-hydrogen) atoms. The Bertz CT molecular complexity index is 470. The lowest BCUT2D eigenvalue weighted by atomic mass is 9.93. The van der Waals surface area contributed by atoms with Gasteiger partial charge in [-0.3, -0.25) is 4.79 Å². The minimum absolute atomic E-state index is 0.0101. The Labute approximate surface area is 102 Å². The summed E-state index contributed by atoms with van der Waals surface area (Å²) in [7, 11) is 0. The molecule has 0 saturated carbocycles. The summed E-state index contributed by atoms with van der Waals surface area (Å²) < 4.78 is 0. The molecule has 0 spiro atoms. The average molecular weight is 227 g/mol. The normalized spacial score (nSPS) is 15.1. The highest BCUT2D eigenvalue weighted by Crippen LogP contribution is 2.24. The third-order valence-corrected chi connectivity index (χ3v) is 3.43. The molecule has 2 nitrogen and oxygen atoms in total. The Morgan fingerprint density at radius 2 is 2.18 bits per heavy atom. The van der Waals surface area contributed by atoms with Gasteiger partial charge in [0.15, 0.2) is 5.78 Å². The van der Waals surface area contributed by atoms with Gasteiger partial charge in [0.2, 0.25) is 0 Å². The second-order valence-electron chi connectivity index (χ2n) is 4.67. The predicted octanol–water partition coefficient (Wildman–Crippen LogP) is 3.30. The number of rotatable bonds is 4. The summed E-state index contributed by atoms with van der Waals surface area (Å²) >= 11 is 0. The maximum atomic E-state index is 12.1. The number of benzene rings is 1. The molecule has 1 aromatic rings. The van der Waals surface area contributed by atoms with Crippen molar-refractivity contribution >= 4 is 5.78 Å². The van der Waals surface area contributed by atoms with Crippen molar-refractivity contribution in [3.8, 4) is 6.07 Å². The average Bonchev–Trinajstić information content (AvgIpc) is 2.82. The van der Waals surface area contributed by atoms with Gasteiger partial charge in [-0.15, -0.1) is 0 Å². The van der Waals surface area contributed by atoms with E-state index in [4.69, 9.17) is 5.26 Å². The van der Waals surface area contributed by atoms with Crippen molar-refractivity contribution in [1.29, 1.82) is 5.26 Å². The largest absolute Gasteiger partial charge is 0.293 e. The van der Waals surface area contributed by atoms with Crippen molar-refractivity contribution < 1.29 is 4.79 Å². The molecule has 1 aliphatic carbocycles. The molecule has 0 bridgehead atoms. The molecule has 0 fully saturated rings. The molecule has 2 rings (SSSR count). The number of nitriles is 1. The van der Waals surface area contributed by atoms with Crippen molar-refractivity contribution in [2.75, 3.05) is 0 Å². The standard InChI is InChI=1S/C15H17NO/c1-2-4-14(10-16)15(17)13-8-7-11-5-3-6-12(11)9-13/h7-9,14H,2-6H2,1H3. The summed E-state index contributed by atoms with van der Waals surface area (Å²) in [5.74, 6) is -0.483. The second-order valence-corrected chi connectivity index (χ2v) is 4.67. The number of nitrogens with zero attached hydrogens (tertiary/aromatic N) is 1. The molecular weight excluding hydrogens is 210 g/mol. The van der Waals surface area contributed by atoms with Crippen LogP contribution in [0.15, 0.2) is 18.2 Å². The number of carbonyl (C=O) groups excluding carboxylic acids is 1. The predicted molar refractivity (Wildman–Crippen MR) is 66.8 cm³/mol. The zero-order valence-corrected chi connectivity index (χ0v) is 10.2. The van der Waals surface area contributed by atoms with Crippen LogP contribution in [0.1, 0.15) is 47.7 Å².